The minimum absolute atomic E-state index is 0.0711. The normalized spacial score (nSPS) is 14.8. The maximum absolute atomic E-state index is 13.3. The molecular weight excluding hydrogens is 374 g/mol. The van der Waals surface area contributed by atoms with Crippen molar-refractivity contribution in [1.82, 2.24) is 9.97 Å². The summed E-state index contributed by atoms with van der Waals surface area (Å²) in [6, 6.07) is 6.85. The van der Waals surface area contributed by atoms with Crippen molar-refractivity contribution in [3.8, 4) is 0 Å². The van der Waals surface area contributed by atoms with Crippen molar-refractivity contribution in [2.45, 2.75) is 19.0 Å². The van der Waals surface area contributed by atoms with Crippen LogP contribution in [0.3, 0.4) is 0 Å². The zero-order chi connectivity index (χ0) is 19.7. The Morgan fingerprint density at radius 1 is 1.11 bits per heavy atom. The number of hydrogen-bond donors (Lipinski definition) is 1. The zero-order valence-electron chi connectivity index (χ0n) is 14.9. The van der Waals surface area contributed by atoms with Crippen LogP contribution in [0.25, 0.3) is 5.57 Å². The summed E-state index contributed by atoms with van der Waals surface area (Å²) in [5, 5.41) is 3.63. The summed E-state index contributed by atoms with van der Waals surface area (Å²) in [4.78, 5) is 7.93. The SMILES string of the molecule is CP(C)(=O)c1ccc(Nc2ncc(C(F)(F)F)c(C3=CCCC=C3)n2)cc1. The van der Waals surface area contributed by atoms with Gasteiger partial charge in [-0.15, -0.1) is 0 Å². The molecule has 1 aromatic heterocycles. The molecule has 1 aliphatic carbocycles. The Labute approximate surface area is 155 Å². The molecule has 1 aliphatic rings. The Bertz CT molecular complexity index is 944. The van der Waals surface area contributed by atoms with Crippen molar-refractivity contribution in [2.75, 3.05) is 18.6 Å². The lowest BCUT2D eigenvalue weighted by atomic mass is 10.0. The Kier molecular flexibility index (Phi) is 5.24. The number of alkyl halides is 3. The van der Waals surface area contributed by atoms with E-state index in [4.69, 9.17) is 0 Å². The molecule has 1 N–H and O–H groups in total. The number of rotatable bonds is 4. The fourth-order valence-electron chi connectivity index (χ4n) is 2.69. The van der Waals surface area contributed by atoms with Crippen LogP contribution in [0.1, 0.15) is 24.1 Å². The van der Waals surface area contributed by atoms with Crippen LogP contribution in [0.15, 0.2) is 48.7 Å². The van der Waals surface area contributed by atoms with Gasteiger partial charge in [0.05, 0.1) is 5.69 Å². The molecule has 8 heteroatoms. The number of benzene rings is 1. The van der Waals surface area contributed by atoms with E-state index in [-0.39, 0.29) is 11.6 Å². The van der Waals surface area contributed by atoms with E-state index in [1.165, 1.54) is 0 Å². The Morgan fingerprint density at radius 3 is 2.37 bits per heavy atom. The third-order valence-corrected chi connectivity index (χ3v) is 5.65. The zero-order valence-corrected chi connectivity index (χ0v) is 15.8. The predicted molar refractivity (Wildman–Crippen MR) is 102 cm³/mol. The van der Waals surface area contributed by atoms with Gasteiger partial charge in [-0.1, -0.05) is 18.2 Å². The van der Waals surface area contributed by atoms with E-state index in [9.17, 15) is 17.7 Å². The molecule has 2 aromatic rings. The lowest BCUT2D eigenvalue weighted by Gasteiger charge is -2.15. The third-order valence-electron chi connectivity index (χ3n) is 4.11. The van der Waals surface area contributed by atoms with Crippen LogP contribution in [-0.4, -0.2) is 23.3 Å². The molecule has 0 bridgehead atoms. The van der Waals surface area contributed by atoms with Gasteiger partial charge < -0.3 is 9.88 Å². The average Bonchev–Trinajstić information content (AvgIpc) is 2.61. The third kappa shape index (κ3) is 4.66. The van der Waals surface area contributed by atoms with Crippen molar-refractivity contribution in [1.29, 1.82) is 0 Å². The van der Waals surface area contributed by atoms with Gasteiger partial charge in [-0.05, 0) is 56.0 Å². The van der Waals surface area contributed by atoms with E-state index in [1.54, 1.807) is 49.7 Å². The monoisotopic (exact) mass is 393 g/mol. The minimum atomic E-state index is -4.54. The maximum atomic E-state index is 13.3. The molecule has 0 radical (unpaired) electrons. The molecule has 4 nitrogen and oxygen atoms in total. The standard InChI is InChI=1S/C19H19F3N3OP/c1-27(2,26)15-10-8-14(9-11-15)24-18-23-12-16(19(20,21)22)17(25-18)13-6-4-3-5-7-13/h4,6-12H,3,5H2,1-2H3,(H,23,24,25). The Hall–Kier alpha value is -2.40. The number of halogens is 3. The van der Waals surface area contributed by atoms with E-state index in [0.29, 0.717) is 17.7 Å². The minimum Gasteiger partial charge on any atom is -0.324 e. The number of allylic oxidation sites excluding steroid dienone is 4. The van der Waals surface area contributed by atoms with Crippen LogP contribution < -0.4 is 10.6 Å². The van der Waals surface area contributed by atoms with Gasteiger partial charge in [-0.2, -0.15) is 13.2 Å². The first-order valence-corrected chi connectivity index (χ1v) is 11.0. The first-order valence-electron chi connectivity index (χ1n) is 8.38. The summed E-state index contributed by atoms with van der Waals surface area (Å²) in [5.41, 5.74) is 0.0386. The molecule has 27 heavy (non-hydrogen) atoms. The molecule has 0 amide bonds. The van der Waals surface area contributed by atoms with Crippen molar-refractivity contribution in [3.05, 3.63) is 59.9 Å². The molecule has 0 unspecified atom stereocenters. The van der Waals surface area contributed by atoms with Crippen LogP contribution in [-0.2, 0) is 10.7 Å². The van der Waals surface area contributed by atoms with Gasteiger partial charge in [0.15, 0.2) is 0 Å². The molecule has 1 heterocycles. The van der Waals surface area contributed by atoms with Gasteiger partial charge in [0.1, 0.15) is 12.7 Å². The quantitative estimate of drug-likeness (QED) is 0.724. The molecule has 1 aromatic carbocycles. The van der Waals surface area contributed by atoms with Crippen molar-refractivity contribution < 1.29 is 17.7 Å². The lowest BCUT2D eigenvalue weighted by Crippen LogP contribution is -2.13. The largest absolute Gasteiger partial charge is 0.419 e. The summed E-state index contributed by atoms with van der Waals surface area (Å²) in [7, 11) is -2.37. The molecule has 0 saturated carbocycles. The maximum Gasteiger partial charge on any atom is 0.419 e. The summed E-state index contributed by atoms with van der Waals surface area (Å²) in [6.07, 6.45) is 2.96. The van der Waals surface area contributed by atoms with Gasteiger partial charge >= 0.3 is 6.18 Å². The molecule has 0 fully saturated rings. The molecule has 0 spiro atoms. The highest BCUT2D eigenvalue weighted by Gasteiger charge is 2.35. The fourth-order valence-corrected chi connectivity index (χ4v) is 3.56. The lowest BCUT2D eigenvalue weighted by molar-refractivity contribution is -0.138. The van der Waals surface area contributed by atoms with Crippen molar-refractivity contribution in [2.24, 2.45) is 0 Å². The number of aromatic nitrogens is 2. The number of hydrogen-bond acceptors (Lipinski definition) is 4. The number of nitrogens with zero attached hydrogens (tertiary/aromatic N) is 2. The summed E-state index contributed by atoms with van der Waals surface area (Å²) < 4.78 is 52.1. The number of anilines is 2. The topological polar surface area (TPSA) is 54.9 Å². The molecule has 0 atom stereocenters. The molecule has 0 aliphatic heterocycles. The first kappa shape index (κ1) is 19.4. The second kappa shape index (κ2) is 7.31. The van der Waals surface area contributed by atoms with Gasteiger partial charge in [-0.25, -0.2) is 9.97 Å². The summed E-state index contributed by atoms with van der Waals surface area (Å²) in [5.74, 6) is 0.0711. The first-order chi connectivity index (χ1) is 12.6. The average molecular weight is 393 g/mol. The smallest absolute Gasteiger partial charge is 0.324 e. The highest BCUT2D eigenvalue weighted by Crippen LogP contribution is 2.36. The van der Waals surface area contributed by atoms with Crippen molar-refractivity contribution >= 4 is 29.7 Å². The number of nitrogens with one attached hydrogen (secondary N) is 1. The molecular formula is C19H19F3N3OP. The van der Waals surface area contributed by atoms with E-state index in [0.717, 1.165) is 17.9 Å². The van der Waals surface area contributed by atoms with E-state index in [2.05, 4.69) is 15.3 Å². The Morgan fingerprint density at radius 2 is 1.81 bits per heavy atom. The summed E-state index contributed by atoms with van der Waals surface area (Å²) >= 11 is 0. The van der Waals surface area contributed by atoms with Gasteiger partial charge in [0.25, 0.3) is 0 Å². The van der Waals surface area contributed by atoms with E-state index >= 15 is 0 Å². The van der Waals surface area contributed by atoms with E-state index < -0.39 is 18.9 Å². The second-order valence-electron chi connectivity index (χ2n) is 6.62. The highest BCUT2D eigenvalue weighted by atomic mass is 31.2. The fraction of sp³-hybridized carbons (Fsp3) is 0.263. The van der Waals surface area contributed by atoms with Crippen LogP contribution in [0, 0.1) is 0 Å². The van der Waals surface area contributed by atoms with Crippen LogP contribution in [0.4, 0.5) is 24.8 Å². The van der Waals surface area contributed by atoms with Gasteiger partial charge in [0.2, 0.25) is 5.95 Å². The van der Waals surface area contributed by atoms with Crippen LogP contribution in [0.2, 0.25) is 0 Å². The Balaban J connectivity index is 1.94. The van der Waals surface area contributed by atoms with Gasteiger partial charge in [0, 0.05) is 17.2 Å². The van der Waals surface area contributed by atoms with Gasteiger partial charge in [-0.3, -0.25) is 0 Å². The highest BCUT2D eigenvalue weighted by molar-refractivity contribution is 7.70. The molecule has 3 rings (SSSR count). The predicted octanol–water partition coefficient (Wildman–Crippen LogP) is 5.22. The van der Waals surface area contributed by atoms with Crippen LogP contribution >= 0.6 is 7.14 Å². The second-order valence-corrected chi connectivity index (χ2v) is 9.83. The van der Waals surface area contributed by atoms with Crippen molar-refractivity contribution in [3.63, 3.8) is 0 Å². The van der Waals surface area contributed by atoms with E-state index in [1.807, 2.05) is 6.08 Å². The summed E-state index contributed by atoms with van der Waals surface area (Å²) in [6.45, 7) is 3.35. The molecule has 142 valence electrons. The molecule has 0 saturated heterocycles. The van der Waals surface area contributed by atoms with Crippen LogP contribution in [0.5, 0.6) is 0 Å².